The van der Waals surface area contributed by atoms with Gasteiger partial charge in [0.1, 0.15) is 5.88 Å². The summed E-state index contributed by atoms with van der Waals surface area (Å²) in [5, 5.41) is 0.707. The van der Waals surface area contributed by atoms with Crippen molar-refractivity contribution in [3.05, 3.63) is 28.8 Å². The van der Waals surface area contributed by atoms with Gasteiger partial charge in [-0.3, -0.25) is 4.79 Å². The minimum atomic E-state index is -0.216. The summed E-state index contributed by atoms with van der Waals surface area (Å²) in [4.78, 5) is 13.9. The van der Waals surface area contributed by atoms with E-state index in [1.165, 1.54) is 0 Å². The molecule has 1 aromatic rings. The Hall–Kier alpha value is -0.730. The predicted molar refractivity (Wildman–Crippen MR) is 76.8 cm³/mol. The summed E-state index contributed by atoms with van der Waals surface area (Å²) < 4.78 is 0. The molecule has 0 saturated heterocycles. The number of hydrogen-bond acceptors (Lipinski definition) is 1. The van der Waals surface area contributed by atoms with Crippen LogP contribution in [0.5, 0.6) is 0 Å². The van der Waals surface area contributed by atoms with Crippen molar-refractivity contribution in [1.29, 1.82) is 0 Å². The first-order valence-corrected chi connectivity index (χ1v) is 6.96. The highest BCUT2D eigenvalue weighted by atomic mass is 35.5. The van der Waals surface area contributed by atoms with E-state index in [1.807, 2.05) is 23.1 Å². The Morgan fingerprint density at radius 3 is 2.78 bits per heavy atom. The van der Waals surface area contributed by atoms with Crippen LogP contribution in [0.3, 0.4) is 0 Å². The standard InChI is InChI=1S/C14H17Cl2NO/c1-9-7-14(2,3)17(13(18)8-15)12-5-4-10(16)6-11(9)12/h4-6,9H,7-8H2,1-3H3/t9-/m1/s1. The smallest absolute Gasteiger partial charge is 0.242 e. The van der Waals surface area contributed by atoms with Crippen molar-refractivity contribution in [2.75, 3.05) is 10.8 Å². The van der Waals surface area contributed by atoms with E-state index in [0.29, 0.717) is 10.9 Å². The number of benzene rings is 1. The maximum Gasteiger partial charge on any atom is 0.242 e. The van der Waals surface area contributed by atoms with Crippen LogP contribution >= 0.6 is 23.2 Å². The monoisotopic (exact) mass is 285 g/mol. The molecule has 2 rings (SSSR count). The van der Waals surface area contributed by atoms with Crippen LogP contribution in [0.4, 0.5) is 5.69 Å². The van der Waals surface area contributed by atoms with Crippen molar-refractivity contribution < 1.29 is 4.79 Å². The van der Waals surface area contributed by atoms with Gasteiger partial charge in [0.2, 0.25) is 5.91 Å². The van der Waals surface area contributed by atoms with Gasteiger partial charge in [-0.25, -0.2) is 0 Å². The first kappa shape index (κ1) is 13.7. The quantitative estimate of drug-likeness (QED) is 0.709. The highest BCUT2D eigenvalue weighted by Gasteiger charge is 2.39. The maximum atomic E-state index is 12.1. The van der Waals surface area contributed by atoms with Gasteiger partial charge in [0, 0.05) is 16.2 Å². The van der Waals surface area contributed by atoms with Crippen LogP contribution in [0.2, 0.25) is 5.02 Å². The molecular weight excluding hydrogens is 269 g/mol. The first-order chi connectivity index (χ1) is 8.36. The average molecular weight is 286 g/mol. The number of anilines is 1. The Morgan fingerprint density at radius 1 is 1.50 bits per heavy atom. The normalized spacial score (nSPS) is 21.6. The van der Waals surface area contributed by atoms with Gasteiger partial charge in [-0.2, -0.15) is 0 Å². The topological polar surface area (TPSA) is 20.3 Å². The van der Waals surface area contributed by atoms with E-state index in [4.69, 9.17) is 23.2 Å². The molecule has 18 heavy (non-hydrogen) atoms. The summed E-state index contributed by atoms with van der Waals surface area (Å²) in [6.45, 7) is 6.32. The lowest BCUT2D eigenvalue weighted by molar-refractivity contribution is -0.117. The Kier molecular flexibility index (Phi) is 3.61. The summed E-state index contributed by atoms with van der Waals surface area (Å²) >= 11 is 11.8. The fraction of sp³-hybridized carbons (Fsp3) is 0.500. The van der Waals surface area contributed by atoms with Crippen molar-refractivity contribution in [3.8, 4) is 0 Å². The van der Waals surface area contributed by atoms with Crippen LogP contribution in [0.25, 0.3) is 0 Å². The summed E-state index contributed by atoms with van der Waals surface area (Å²) in [7, 11) is 0. The lowest BCUT2D eigenvalue weighted by Gasteiger charge is -2.45. The summed E-state index contributed by atoms with van der Waals surface area (Å²) in [5.74, 6) is 0.324. The second kappa shape index (κ2) is 4.75. The maximum absolute atomic E-state index is 12.1. The molecule has 0 unspecified atom stereocenters. The number of fused-ring (bicyclic) bond motifs is 1. The van der Waals surface area contributed by atoms with E-state index in [1.54, 1.807) is 0 Å². The van der Waals surface area contributed by atoms with Gasteiger partial charge in [0.15, 0.2) is 0 Å². The average Bonchev–Trinajstić information content (AvgIpc) is 2.28. The largest absolute Gasteiger partial charge is 0.306 e. The third-order valence-electron chi connectivity index (χ3n) is 3.54. The van der Waals surface area contributed by atoms with Gasteiger partial charge in [0.25, 0.3) is 0 Å². The van der Waals surface area contributed by atoms with Crippen LogP contribution in [0, 0.1) is 0 Å². The molecule has 4 heteroatoms. The molecule has 1 aliphatic rings. The zero-order chi connectivity index (χ0) is 13.5. The van der Waals surface area contributed by atoms with Gasteiger partial charge in [-0.15, -0.1) is 11.6 Å². The molecule has 1 amide bonds. The molecule has 1 heterocycles. The number of alkyl halides is 1. The second-order valence-corrected chi connectivity index (χ2v) is 6.19. The second-order valence-electron chi connectivity index (χ2n) is 5.48. The molecule has 0 aliphatic carbocycles. The third-order valence-corrected chi connectivity index (χ3v) is 4.00. The Bertz CT molecular complexity index is 485. The minimum absolute atomic E-state index is 0.000122. The molecule has 2 nitrogen and oxygen atoms in total. The molecular formula is C14H17Cl2NO. The summed E-state index contributed by atoms with van der Waals surface area (Å²) in [6.07, 6.45) is 0.906. The molecule has 1 atom stereocenters. The number of rotatable bonds is 1. The molecule has 0 bridgehead atoms. The fourth-order valence-corrected chi connectivity index (χ4v) is 3.23. The molecule has 0 fully saturated rings. The number of halogens is 2. The van der Waals surface area contributed by atoms with Gasteiger partial charge >= 0.3 is 0 Å². The molecule has 0 saturated carbocycles. The molecule has 98 valence electrons. The molecule has 1 aliphatic heterocycles. The van der Waals surface area contributed by atoms with Crippen LogP contribution in [-0.2, 0) is 4.79 Å². The number of nitrogens with zero attached hydrogens (tertiary/aromatic N) is 1. The van der Waals surface area contributed by atoms with Gasteiger partial charge in [-0.1, -0.05) is 18.5 Å². The van der Waals surface area contributed by atoms with Gasteiger partial charge < -0.3 is 4.90 Å². The van der Waals surface area contributed by atoms with Crippen LogP contribution < -0.4 is 4.90 Å². The Morgan fingerprint density at radius 2 is 2.17 bits per heavy atom. The van der Waals surface area contributed by atoms with Crippen molar-refractivity contribution in [2.24, 2.45) is 0 Å². The highest BCUT2D eigenvalue weighted by Crippen LogP contribution is 2.44. The highest BCUT2D eigenvalue weighted by molar-refractivity contribution is 6.31. The zero-order valence-electron chi connectivity index (χ0n) is 10.8. The number of amides is 1. The van der Waals surface area contributed by atoms with Crippen molar-refractivity contribution in [3.63, 3.8) is 0 Å². The molecule has 0 spiro atoms. The zero-order valence-corrected chi connectivity index (χ0v) is 12.3. The van der Waals surface area contributed by atoms with E-state index >= 15 is 0 Å². The lowest BCUT2D eigenvalue weighted by atomic mass is 9.80. The van der Waals surface area contributed by atoms with Gasteiger partial charge in [0.05, 0.1) is 0 Å². The minimum Gasteiger partial charge on any atom is -0.306 e. The Labute approximate surface area is 118 Å². The van der Waals surface area contributed by atoms with E-state index in [2.05, 4.69) is 20.8 Å². The SMILES string of the molecule is C[C@@H]1CC(C)(C)N(C(=O)CCl)c2ccc(Cl)cc21. The van der Waals surface area contributed by atoms with Crippen molar-refractivity contribution >= 4 is 34.8 Å². The lowest BCUT2D eigenvalue weighted by Crippen LogP contribution is -2.52. The van der Waals surface area contributed by atoms with E-state index in [9.17, 15) is 4.79 Å². The molecule has 0 radical (unpaired) electrons. The van der Waals surface area contributed by atoms with Gasteiger partial charge in [-0.05, 0) is 49.9 Å². The number of carbonyl (C=O) groups excluding carboxylic acids is 1. The fourth-order valence-electron chi connectivity index (χ4n) is 2.93. The van der Waals surface area contributed by atoms with E-state index in [-0.39, 0.29) is 17.3 Å². The van der Waals surface area contributed by atoms with Crippen molar-refractivity contribution in [1.82, 2.24) is 0 Å². The molecule has 0 N–H and O–H groups in total. The van der Waals surface area contributed by atoms with Crippen LogP contribution in [0.1, 0.15) is 38.7 Å². The van der Waals surface area contributed by atoms with Crippen molar-refractivity contribution in [2.45, 2.75) is 38.6 Å². The van der Waals surface area contributed by atoms with E-state index < -0.39 is 0 Å². The third kappa shape index (κ3) is 2.24. The predicted octanol–water partition coefficient (Wildman–Crippen LogP) is 4.20. The summed E-state index contributed by atoms with van der Waals surface area (Å²) in [6, 6.07) is 5.69. The number of hydrogen-bond donors (Lipinski definition) is 0. The first-order valence-electron chi connectivity index (χ1n) is 6.05. The molecule has 1 aromatic carbocycles. The Balaban J connectivity index is 2.58. The van der Waals surface area contributed by atoms with E-state index in [0.717, 1.165) is 17.7 Å². The van der Waals surface area contributed by atoms with Crippen LogP contribution in [0.15, 0.2) is 18.2 Å². The summed E-state index contributed by atoms with van der Waals surface area (Å²) in [5.41, 5.74) is 1.85. The van der Waals surface area contributed by atoms with Crippen LogP contribution in [-0.4, -0.2) is 17.3 Å². The molecule has 0 aromatic heterocycles. The number of carbonyl (C=O) groups is 1.